The van der Waals surface area contributed by atoms with Crippen LogP contribution in [-0.4, -0.2) is 48.4 Å². The van der Waals surface area contributed by atoms with Crippen molar-refractivity contribution in [3.8, 4) is 5.75 Å². The third-order valence-corrected chi connectivity index (χ3v) is 4.79. The molecule has 0 spiro atoms. The number of rotatable bonds is 5. The summed E-state index contributed by atoms with van der Waals surface area (Å²) in [5.74, 6) is -1.43. The highest BCUT2D eigenvalue weighted by Gasteiger charge is 2.22. The highest BCUT2D eigenvalue weighted by molar-refractivity contribution is 5.92. The maximum Gasteiger partial charge on any atom is 0.246 e. The first-order valence-electron chi connectivity index (χ1n) is 9.29. The van der Waals surface area contributed by atoms with Crippen LogP contribution in [0.5, 0.6) is 5.75 Å². The zero-order chi connectivity index (χ0) is 20.8. The standard InChI is InChI=1S/C22H22F2N2O3/c1-29-18-6-2-17(3-7-18)15-26-13-12-25(11-10-22(26)28)21(27)9-5-16-4-8-19(23)20(24)14-16/h2-9,14H,10-13,15H2,1H3. The van der Waals surface area contributed by atoms with Crippen molar-refractivity contribution in [1.29, 1.82) is 0 Å². The molecule has 2 amide bonds. The van der Waals surface area contributed by atoms with E-state index in [4.69, 9.17) is 4.74 Å². The summed E-state index contributed by atoms with van der Waals surface area (Å²) in [5.41, 5.74) is 1.38. The van der Waals surface area contributed by atoms with Crippen LogP contribution >= 0.6 is 0 Å². The van der Waals surface area contributed by atoms with E-state index in [1.54, 1.807) is 16.9 Å². The zero-order valence-corrected chi connectivity index (χ0v) is 16.1. The molecule has 1 aliphatic heterocycles. The third-order valence-electron chi connectivity index (χ3n) is 4.79. The van der Waals surface area contributed by atoms with Crippen molar-refractivity contribution >= 4 is 17.9 Å². The minimum Gasteiger partial charge on any atom is -0.497 e. The number of methoxy groups -OCH3 is 1. The van der Waals surface area contributed by atoms with Crippen LogP contribution in [0.3, 0.4) is 0 Å². The van der Waals surface area contributed by atoms with Gasteiger partial charge in [0.25, 0.3) is 0 Å². The number of ether oxygens (including phenoxy) is 1. The molecule has 0 saturated carbocycles. The average molecular weight is 400 g/mol. The highest BCUT2D eigenvalue weighted by atomic mass is 19.2. The van der Waals surface area contributed by atoms with E-state index in [-0.39, 0.29) is 18.2 Å². The fourth-order valence-corrected chi connectivity index (χ4v) is 3.09. The Balaban J connectivity index is 1.59. The molecule has 0 radical (unpaired) electrons. The lowest BCUT2D eigenvalue weighted by Crippen LogP contribution is -2.34. The lowest BCUT2D eigenvalue weighted by atomic mass is 10.2. The summed E-state index contributed by atoms with van der Waals surface area (Å²) in [6.45, 7) is 1.62. The van der Waals surface area contributed by atoms with Crippen molar-refractivity contribution in [3.05, 3.63) is 71.3 Å². The number of hydrogen-bond acceptors (Lipinski definition) is 3. The van der Waals surface area contributed by atoms with Crippen molar-refractivity contribution in [3.63, 3.8) is 0 Å². The van der Waals surface area contributed by atoms with Gasteiger partial charge in [0, 0.05) is 38.7 Å². The number of halogens is 2. The van der Waals surface area contributed by atoms with Gasteiger partial charge in [0.15, 0.2) is 11.6 Å². The summed E-state index contributed by atoms with van der Waals surface area (Å²) in [6, 6.07) is 10.9. The Morgan fingerprint density at radius 1 is 1.07 bits per heavy atom. The van der Waals surface area contributed by atoms with E-state index in [2.05, 4.69) is 0 Å². The minimum atomic E-state index is -0.964. The quantitative estimate of drug-likeness (QED) is 0.724. The van der Waals surface area contributed by atoms with Gasteiger partial charge in [-0.1, -0.05) is 18.2 Å². The van der Waals surface area contributed by atoms with Gasteiger partial charge < -0.3 is 14.5 Å². The van der Waals surface area contributed by atoms with E-state index in [9.17, 15) is 18.4 Å². The molecule has 2 aromatic rings. The molecule has 0 bridgehead atoms. The molecule has 3 rings (SSSR count). The minimum absolute atomic E-state index is 0.0132. The van der Waals surface area contributed by atoms with Gasteiger partial charge in [0.05, 0.1) is 7.11 Å². The summed E-state index contributed by atoms with van der Waals surface area (Å²) in [7, 11) is 1.60. The maximum absolute atomic E-state index is 13.3. The van der Waals surface area contributed by atoms with Crippen LogP contribution in [0.1, 0.15) is 17.5 Å². The van der Waals surface area contributed by atoms with Gasteiger partial charge in [0.1, 0.15) is 5.75 Å². The Kier molecular flexibility index (Phi) is 6.59. The number of carbonyl (C=O) groups excluding carboxylic acids is 2. The lowest BCUT2D eigenvalue weighted by molar-refractivity contribution is -0.130. The molecule has 1 heterocycles. The van der Waals surface area contributed by atoms with Crippen LogP contribution in [0.4, 0.5) is 8.78 Å². The molecule has 152 valence electrons. The van der Waals surface area contributed by atoms with E-state index in [0.717, 1.165) is 23.4 Å². The van der Waals surface area contributed by atoms with E-state index in [0.29, 0.717) is 31.7 Å². The van der Waals surface area contributed by atoms with E-state index in [1.807, 2.05) is 24.3 Å². The van der Waals surface area contributed by atoms with Gasteiger partial charge >= 0.3 is 0 Å². The van der Waals surface area contributed by atoms with Gasteiger partial charge in [-0.25, -0.2) is 8.78 Å². The molecule has 2 aromatic carbocycles. The SMILES string of the molecule is COc1ccc(CN2CCN(C(=O)C=Cc3ccc(F)c(F)c3)CCC2=O)cc1. The summed E-state index contributed by atoms with van der Waals surface area (Å²) < 4.78 is 31.4. The molecule has 0 N–H and O–H groups in total. The van der Waals surface area contributed by atoms with Crippen LogP contribution in [0.2, 0.25) is 0 Å². The summed E-state index contributed by atoms with van der Waals surface area (Å²) in [4.78, 5) is 28.2. The van der Waals surface area contributed by atoms with Crippen LogP contribution in [0.15, 0.2) is 48.5 Å². The number of amides is 2. The Hall–Kier alpha value is -3.22. The normalized spacial score (nSPS) is 14.9. The smallest absolute Gasteiger partial charge is 0.246 e. The van der Waals surface area contributed by atoms with Gasteiger partial charge in [-0.15, -0.1) is 0 Å². The van der Waals surface area contributed by atoms with Gasteiger partial charge in [0.2, 0.25) is 11.8 Å². The van der Waals surface area contributed by atoms with Crippen molar-refractivity contribution in [2.45, 2.75) is 13.0 Å². The molecule has 1 saturated heterocycles. The van der Waals surface area contributed by atoms with Crippen molar-refractivity contribution in [2.75, 3.05) is 26.7 Å². The van der Waals surface area contributed by atoms with E-state index < -0.39 is 11.6 Å². The Bertz CT molecular complexity index is 913. The van der Waals surface area contributed by atoms with Gasteiger partial charge in [-0.05, 0) is 41.5 Å². The Morgan fingerprint density at radius 3 is 2.52 bits per heavy atom. The summed E-state index contributed by atoms with van der Waals surface area (Å²) in [5, 5.41) is 0. The first-order valence-corrected chi connectivity index (χ1v) is 9.29. The number of carbonyl (C=O) groups is 2. The lowest BCUT2D eigenvalue weighted by Gasteiger charge is -2.21. The summed E-state index contributed by atoms with van der Waals surface area (Å²) in [6.07, 6.45) is 2.99. The summed E-state index contributed by atoms with van der Waals surface area (Å²) >= 11 is 0. The van der Waals surface area contributed by atoms with Gasteiger partial charge in [-0.2, -0.15) is 0 Å². The molecule has 7 heteroatoms. The number of benzene rings is 2. The Morgan fingerprint density at radius 2 is 1.83 bits per heavy atom. The first kappa shape index (κ1) is 20.5. The molecule has 0 aromatic heterocycles. The number of nitrogens with zero attached hydrogens (tertiary/aromatic N) is 2. The van der Waals surface area contributed by atoms with E-state index in [1.165, 1.54) is 18.2 Å². The first-order chi connectivity index (χ1) is 14.0. The van der Waals surface area contributed by atoms with Crippen molar-refractivity contribution in [2.24, 2.45) is 0 Å². The van der Waals surface area contributed by atoms with Crippen molar-refractivity contribution < 1.29 is 23.1 Å². The predicted octanol–water partition coefficient (Wildman–Crippen LogP) is 3.25. The molecule has 1 fully saturated rings. The number of hydrogen-bond donors (Lipinski definition) is 0. The second-order valence-electron chi connectivity index (χ2n) is 6.75. The van der Waals surface area contributed by atoms with Gasteiger partial charge in [-0.3, -0.25) is 9.59 Å². The molecule has 1 aliphatic rings. The largest absolute Gasteiger partial charge is 0.497 e. The Labute approximate surface area is 168 Å². The molecular weight excluding hydrogens is 378 g/mol. The molecular formula is C22H22F2N2O3. The fourth-order valence-electron chi connectivity index (χ4n) is 3.09. The second-order valence-corrected chi connectivity index (χ2v) is 6.75. The average Bonchev–Trinajstić information content (AvgIpc) is 2.91. The third kappa shape index (κ3) is 5.40. The molecule has 0 aliphatic carbocycles. The van der Waals surface area contributed by atoms with E-state index >= 15 is 0 Å². The highest BCUT2D eigenvalue weighted by Crippen LogP contribution is 2.15. The monoisotopic (exact) mass is 400 g/mol. The van der Waals surface area contributed by atoms with Crippen molar-refractivity contribution in [1.82, 2.24) is 9.80 Å². The zero-order valence-electron chi connectivity index (χ0n) is 16.1. The van der Waals surface area contributed by atoms with Crippen LogP contribution < -0.4 is 4.74 Å². The van der Waals surface area contributed by atoms with Crippen LogP contribution in [0, 0.1) is 11.6 Å². The predicted molar refractivity (Wildman–Crippen MR) is 105 cm³/mol. The fraction of sp³-hybridized carbons (Fsp3) is 0.273. The maximum atomic E-state index is 13.3. The van der Waals surface area contributed by atoms with Crippen LogP contribution in [0.25, 0.3) is 6.08 Å². The molecule has 5 nitrogen and oxygen atoms in total. The molecule has 29 heavy (non-hydrogen) atoms. The molecule has 0 atom stereocenters. The topological polar surface area (TPSA) is 49.9 Å². The second kappa shape index (κ2) is 9.32. The van der Waals surface area contributed by atoms with Crippen LogP contribution in [-0.2, 0) is 16.1 Å². The molecule has 0 unspecified atom stereocenters.